The number of halogens is 1. The third-order valence-corrected chi connectivity index (χ3v) is 5.88. The van der Waals surface area contributed by atoms with E-state index in [4.69, 9.17) is 4.74 Å². The Morgan fingerprint density at radius 3 is 2.59 bits per heavy atom. The number of carbonyl (C=O) groups is 2. The van der Waals surface area contributed by atoms with E-state index in [0.717, 1.165) is 11.1 Å². The van der Waals surface area contributed by atoms with Crippen LogP contribution in [0, 0.1) is 17.7 Å². The summed E-state index contributed by atoms with van der Waals surface area (Å²) in [4.78, 5) is 28.6. The third-order valence-electron chi connectivity index (χ3n) is 5.88. The zero-order valence-electron chi connectivity index (χ0n) is 17.6. The van der Waals surface area contributed by atoms with Crippen molar-refractivity contribution < 1.29 is 23.8 Å². The highest BCUT2D eigenvalue weighted by atomic mass is 19.1. The van der Waals surface area contributed by atoms with Gasteiger partial charge in [0.1, 0.15) is 19.0 Å². The smallest absolute Gasteiger partial charge is 0.322 e. The molecule has 2 aliphatic heterocycles. The standard InChI is InChI=1S/C24H24FN3O4/c1-32-12-2-3-16-4-6-17(7-5-16)23-20-13-27(14-22(30)28(20)21(23)15-29)24(31)26-19-10-8-18(25)9-11-19/h4-11,20-21,23,29H,12-15H2,1H3,(H,26,31)/t20-,21+,23+/m1/s1. The average Bonchev–Trinajstić information content (AvgIpc) is 2.78. The lowest BCUT2D eigenvalue weighted by Gasteiger charge is -2.58. The molecule has 2 aromatic rings. The van der Waals surface area contributed by atoms with Crippen molar-refractivity contribution in [3.8, 4) is 11.8 Å². The fourth-order valence-electron chi connectivity index (χ4n) is 4.39. The first-order valence-corrected chi connectivity index (χ1v) is 10.3. The summed E-state index contributed by atoms with van der Waals surface area (Å²) in [5, 5.41) is 12.6. The predicted octanol–water partition coefficient (Wildman–Crippen LogP) is 2.03. The Bertz CT molecular complexity index is 1050. The van der Waals surface area contributed by atoms with E-state index in [2.05, 4.69) is 17.2 Å². The molecule has 32 heavy (non-hydrogen) atoms. The number of amides is 3. The summed E-state index contributed by atoms with van der Waals surface area (Å²) >= 11 is 0. The molecule has 2 fully saturated rings. The van der Waals surface area contributed by atoms with Crippen LogP contribution in [0.1, 0.15) is 17.0 Å². The van der Waals surface area contributed by atoms with Crippen LogP contribution < -0.4 is 5.32 Å². The van der Waals surface area contributed by atoms with E-state index in [0.29, 0.717) is 18.8 Å². The number of anilines is 1. The number of methoxy groups -OCH3 is 1. The summed E-state index contributed by atoms with van der Waals surface area (Å²) in [6.07, 6.45) is 0. The minimum Gasteiger partial charge on any atom is -0.394 e. The average molecular weight is 437 g/mol. The molecule has 2 N–H and O–H groups in total. The Morgan fingerprint density at radius 2 is 1.94 bits per heavy atom. The van der Waals surface area contributed by atoms with Crippen LogP contribution in [0.5, 0.6) is 0 Å². The van der Waals surface area contributed by atoms with Gasteiger partial charge in [-0.2, -0.15) is 0 Å². The number of ether oxygens (including phenoxy) is 1. The molecular weight excluding hydrogens is 413 g/mol. The first-order valence-electron chi connectivity index (χ1n) is 10.3. The van der Waals surface area contributed by atoms with Crippen molar-refractivity contribution in [3.05, 3.63) is 65.5 Å². The molecule has 0 radical (unpaired) electrons. The minimum absolute atomic E-state index is 0.0687. The molecule has 0 bridgehead atoms. The lowest BCUT2D eigenvalue weighted by molar-refractivity contribution is -0.159. The first-order chi connectivity index (χ1) is 15.5. The maximum Gasteiger partial charge on any atom is 0.322 e. The van der Waals surface area contributed by atoms with Crippen LogP contribution in [0.15, 0.2) is 48.5 Å². The minimum atomic E-state index is -0.417. The maximum absolute atomic E-state index is 13.1. The van der Waals surface area contributed by atoms with Gasteiger partial charge < -0.3 is 25.0 Å². The SMILES string of the molecule is COCC#Cc1ccc([C@H]2[C@H]3CN(C(=O)Nc4ccc(F)cc4)CC(=O)N3[C@H]2CO)cc1. The van der Waals surface area contributed by atoms with Gasteiger partial charge in [-0.15, -0.1) is 0 Å². The summed E-state index contributed by atoms with van der Waals surface area (Å²) in [5.74, 6) is 5.23. The number of urea groups is 1. The second-order valence-electron chi connectivity index (χ2n) is 7.82. The Labute approximate surface area is 185 Å². The van der Waals surface area contributed by atoms with Gasteiger partial charge in [-0.3, -0.25) is 4.79 Å². The molecule has 0 aromatic heterocycles. The topological polar surface area (TPSA) is 82.1 Å². The monoisotopic (exact) mass is 437 g/mol. The van der Waals surface area contributed by atoms with Crippen LogP contribution in [0.25, 0.3) is 0 Å². The second kappa shape index (κ2) is 9.39. The molecule has 3 amide bonds. The number of nitrogens with one attached hydrogen (secondary N) is 1. The number of hydrogen-bond acceptors (Lipinski definition) is 4. The summed E-state index contributed by atoms with van der Waals surface area (Å²) < 4.78 is 18.0. The Hall–Kier alpha value is -3.41. The van der Waals surface area contributed by atoms with Gasteiger partial charge in [-0.1, -0.05) is 24.0 Å². The highest BCUT2D eigenvalue weighted by Crippen LogP contribution is 2.42. The zero-order chi connectivity index (χ0) is 22.7. The van der Waals surface area contributed by atoms with Crippen molar-refractivity contribution in [1.29, 1.82) is 0 Å². The van der Waals surface area contributed by atoms with Crippen LogP contribution in [0.4, 0.5) is 14.9 Å². The van der Waals surface area contributed by atoms with Crippen LogP contribution >= 0.6 is 0 Å². The van der Waals surface area contributed by atoms with Crippen molar-refractivity contribution in [1.82, 2.24) is 9.80 Å². The molecule has 4 rings (SSSR count). The quantitative estimate of drug-likeness (QED) is 0.718. The summed E-state index contributed by atoms with van der Waals surface area (Å²) in [6, 6.07) is 12.2. The molecule has 0 spiro atoms. The van der Waals surface area contributed by atoms with Crippen molar-refractivity contribution in [3.63, 3.8) is 0 Å². The van der Waals surface area contributed by atoms with Gasteiger partial charge in [-0.05, 0) is 42.0 Å². The van der Waals surface area contributed by atoms with Crippen molar-refractivity contribution in [2.45, 2.75) is 18.0 Å². The van der Waals surface area contributed by atoms with E-state index in [9.17, 15) is 19.1 Å². The number of hydrogen-bond donors (Lipinski definition) is 2. The van der Waals surface area contributed by atoms with Crippen LogP contribution in [-0.4, -0.2) is 72.3 Å². The molecule has 8 heteroatoms. The molecule has 2 aromatic carbocycles. The van der Waals surface area contributed by atoms with E-state index in [1.807, 2.05) is 24.3 Å². The van der Waals surface area contributed by atoms with Crippen LogP contribution in [0.3, 0.4) is 0 Å². The van der Waals surface area contributed by atoms with E-state index in [1.54, 1.807) is 12.0 Å². The number of aliphatic hydroxyl groups excluding tert-OH is 1. The highest BCUT2D eigenvalue weighted by Gasteiger charge is 2.54. The highest BCUT2D eigenvalue weighted by molar-refractivity contribution is 5.93. The van der Waals surface area contributed by atoms with Gasteiger partial charge >= 0.3 is 6.03 Å². The van der Waals surface area contributed by atoms with E-state index in [-0.39, 0.29) is 37.1 Å². The third kappa shape index (κ3) is 4.31. The van der Waals surface area contributed by atoms with Crippen molar-refractivity contribution in [2.75, 3.05) is 38.7 Å². The Balaban J connectivity index is 1.48. The van der Waals surface area contributed by atoms with E-state index in [1.165, 1.54) is 29.2 Å². The predicted molar refractivity (Wildman–Crippen MR) is 116 cm³/mol. The number of benzene rings is 2. The molecule has 0 aliphatic carbocycles. The lowest BCUT2D eigenvalue weighted by atomic mass is 9.73. The molecule has 2 saturated heterocycles. The molecule has 2 aliphatic rings. The molecule has 166 valence electrons. The number of fused-ring (bicyclic) bond motifs is 1. The van der Waals surface area contributed by atoms with Gasteiger partial charge in [0, 0.05) is 30.8 Å². The number of rotatable bonds is 4. The summed E-state index contributed by atoms with van der Waals surface area (Å²) in [5.41, 5.74) is 2.29. The van der Waals surface area contributed by atoms with Gasteiger partial charge in [0.05, 0.1) is 18.7 Å². The van der Waals surface area contributed by atoms with E-state index >= 15 is 0 Å². The lowest BCUT2D eigenvalue weighted by Crippen LogP contribution is -2.73. The fraction of sp³-hybridized carbons (Fsp3) is 0.333. The summed E-state index contributed by atoms with van der Waals surface area (Å²) in [6.45, 7) is 0.478. The normalized spacial score (nSPS) is 21.8. The number of aliphatic hydroxyl groups is 1. The Kier molecular flexibility index (Phi) is 6.40. The molecule has 0 unspecified atom stereocenters. The molecule has 0 saturated carbocycles. The first kappa shape index (κ1) is 21.8. The molecule has 7 nitrogen and oxygen atoms in total. The van der Waals surface area contributed by atoms with Crippen LogP contribution in [-0.2, 0) is 9.53 Å². The van der Waals surface area contributed by atoms with Crippen LogP contribution in [0.2, 0.25) is 0 Å². The molecule has 2 heterocycles. The summed E-state index contributed by atoms with van der Waals surface area (Å²) in [7, 11) is 1.59. The van der Waals surface area contributed by atoms with Gasteiger partial charge in [-0.25, -0.2) is 9.18 Å². The maximum atomic E-state index is 13.1. The molecular formula is C24H24FN3O4. The second-order valence-corrected chi connectivity index (χ2v) is 7.82. The number of carbonyl (C=O) groups excluding carboxylic acids is 2. The van der Waals surface area contributed by atoms with Gasteiger partial charge in [0.15, 0.2) is 0 Å². The van der Waals surface area contributed by atoms with Crippen molar-refractivity contribution >= 4 is 17.6 Å². The van der Waals surface area contributed by atoms with Gasteiger partial charge in [0.2, 0.25) is 5.91 Å². The molecule has 3 atom stereocenters. The Morgan fingerprint density at radius 1 is 1.22 bits per heavy atom. The van der Waals surface area contributed by atoms with Crippen molar-refractivity contribution in [2.24, 2.45) is 0 Å². The zero-order valence-corrected chi connectivity index (χ0v) is 17.6. The fourth-order valence-corrected chi connectivity index (χ4v) is 4.39. The largest absolute Gasteiger partial charge is 0.394 e. The number of piperazine rings is 1. The van der Waals surface area contributed by atoms with E-state index < -0.39 is 11.8 Å². The van der Waals surface area contributed by atoms with Gasteiger partial charge in [0.25, 0.3) is 0 Å². The number of nitrogens with zero attached hydrogens (tertiary/aromatic N) is 2.